The molecule has 122 valence electrons. The molecule has 0 aliphatic rings. The molecule has 5 nitrogen and oxygen atoms in total. The summed E-state index contributed by atoms with van der Waals surface area (Å²) < 4.78 is 5.33. The number of carbonyl (C=O) groups is 2. The zero-order chi connectivity index (χ0) is 16.6. The molecule has 22 heavy (non-hydrogen) atoms. The van der Waals surface area contributed by atoms with Crippen LogP contribution in [0.2, 0.25) is 0 Å². The van der Waals surface area contributed by atoms with Gasteiger partial charge in [0.05, 0.1) is 6.61 Å². The van der Waals surface area contributed by atoms with Gasteiger partial charge in [0.2, 0.25) is 5.91 Å². The topological polar surface area (TPSA) is 67.4 Å². The van der Waals surface area contributed by atoms with Crippen molar-refractivity contribution in [2.75, 3.05) is 19.7 Å². The minimum atomic E-state index is -0.159. The van der Waals surface area contributed by atoms with E-state index in [0.717, 1.165) is 5.75 Å². The van der Waals surface area contributed by atoms with Crippen molar-refractivity contribution < 1.29 is 14.3 Å². The average Bonchev–Trinajstić information content (AvgIpc) is 2.42. The molecular formula is C17H26N2O3. The van der Waals surface area contributed by atoms with Crippen LogP contribution in [0, 0.1) is 5.41 Å². The van der Waals surface area contributed by atoms with Gasteiger partial charge in [0, 0.05) is 25.1 Å². The maximum absolute atomic E-state index is 11.9. The van der Waals surface area contributed by atoms with Crippen molar-refractivity contribution in [1.82, 2.24) is 10.6 Å². The molecule has 5 heteroatoms. The summed E-state index contributed by atoms with van der Waals surface area (Å²) in [6, 6.07) is 6.98. The molecule has 1 rings (SSSR count). The lowest BCUT2D eigenvalue weighted by Gasteiger charge is -2.17. The molecule has 1 aromatic rings. The van der Waals surface area contributed by atoms with Crippen LogP contribution in [0.3, 0.4) is 0 Å². The van der Waals surface area contributed by atoms with Gasteiger partial charge in [-0.15, -0.1) is 0 Å². The maximum Gasteiger partial charge on any atom is 0.251 e. The van der Waals surface area contributed by atoms with Crippen molar-refractivity contribution in [1.29, 1.82) is 0 Å². The first kappa shape index (κ1) is 18.0. The number of benzene rings is 1. The summed E-state index contributed by atoms with van der Waals surface area (Å²) in [5, 5.41) is 5.57. The largest absolute Gasteiger partial charge is 0.494 e. The maximum atomic E-state index is 11.9. The number of carbonyl (C=O) groups excluding carboxylic acids is 2. The van der Waals surface area contributed by atoms with E-state index in [-0.39, 0.29) is 17.2 Å². The monoisotopic (exact) mass is 306 g/mol. The molecule has 0 saturated heterocycles. The minimum Gasteiger partial charge on any atom is -0.494 e. The summed E-state index contributed by atoms with van der Waals surface area (Å²) in [5.74, 6) is 0.587. The lowest BCUT2D eigenvalue weighted by Crippen LogP contribution is -2.35. The highest BCUT2D eigenvalue weighted by Crippen LogP contribution is 2.17. The first-order valence-electron chi connectivity index (χ1n) is 7.59. The van der Waals surface area contributed by atoms with Crippen LogP contribution in [-0.2, 0) is 4.79 Å². The number of ether oxygens (including phenoxy) is 1. The Balaban J connectivity index is 2.30. The van der Waals surface area contributed by atoms with E-state index >= 15 is 0 Å². The zero-order valence-corrected chi connectivity index (χ0v) is 13.9. The van der Waals surface area contributed by atoms with Crippen molar-refractivity contribution >= 4 is 11.8 Å². The van der Waals surface area contributed by atoms with Crippen LogP contribution in [0.15, 0.2) is 24.3 Å². The first-order chi connectivity index (χ1) is 10.3. The summed E-state index contributed by atoms with van der Waals surface area (Å²) in [7, 11) is 0. The van der Waals surface area contributed by atoms with Gasteiger partial charge in [0.1, 0.15) is 5.75 Å². The molecule has 2 amide bonds. The van der Waals surface area contributed by atoms with Crippen molar-refractivity contribution in [3.8, 4) is 5.75 Å². The summed E-state index contributed by atoms with van der Waals surface area (Å²) in [6.07, 6.45) is 0.472. The standard InChI is InChI=1S/C17H26N2O3/c1-5-22-14-8-6-13(7-9-14)16(21)19-11-10-18-15(20)12-17(2,3)4/h6-9H,5,10-12H2,1-4H3,(H,18,20)(H,19,21). The van der Waals surface area contributed by atoms with E-state index in [1.165, 1.54) is 0 Å². The molecule has 2 N–H and O–H groups in total. The number of hydrogen-bond acceptors (Lipinski definition) is 3. The Labute approximate surface area is 132 Å². The van der Waals surface area contributed by atoms with Gasteiger partial charge >= 0.3 is 0 Å². The van der Waals surface area contributed by atoms with Crippen molar-refractivity contribution in [3.63, 3.8) is 0 Å². The third-order valence-corrected chi connectivity index (χ3v) is 2.85. The number of hydrogen-bond donors (Lipinski definition) is 2. The van der Waals surface area contributed by atoms with Crippen LogP contribution in [0.5, 0.6) is 5.75 Å². The minimum absolute atomic E-state index is 0.00261. The van der Waals surface area contributed by atoms with E-state index in [0.29, 0.717) is 31.7 Å². The van der Waals surface area contributed by atoms with Gasteiger partial charge in [-0.2, -0.15) is 0 Å². The van der Waals surface area contributed by atoms with Crippen LogP contribution < -0.4 is 15.4 Å². The Morgan fingerprint density at radius 3 is 2.18 bits per heavy atom. The molecule has 0 fully saturated rings. The summed E-state index contributed by atoms with van der Waals surface area (Å²) in [4.78, 5) is 23.6. The number of rotatable bonds is 7. The quantitative estimate of drug-likeness (QED) is 0.760. The summed E-state index contributed by atoms with van der Waals surface area (Å²) in [5.41, 5.74) is 0.541. The molecule has 0 heterocycles. The fourth-order valence-corrected chi connectivity index (χ4v) is 1.89. The Morgan fingerprint density at radius 2 is 1.64 bits per heavy atom. The normalized spacial score (nSPS) is 10.9. The SMILES string of the molecule is CCOc1ccc(C(=O)NCCNC(=O)CC(C)(C)C)cc1. The molecule has 0 atom stereocenters. The molecule has 0 saturated carbocycles. The third-order valence-electron chi connectivity index (χ3n) is 2.85. The van der Waals surface area contributed by atoms with Gasteiger partial charge in [-0.25, -0.2) is 0 Å². The molecule has 0 unspecified atom stereocenters. The van der Waals surface area contributed by atoms with Gasteiger partial charge in [0.25, 0.3) is 5.91 Å². The van der Waals surface area contributed by atoms with Gasteiger partial charge in [-0.1, -0.05) is 20.8 Å². The van der Waals surface area contributed by atoms with E-state index in [9.17, 15) is 9.59 Å². The molecule has 0 bridgehead atoms. The van der Waals surface area contributed by atoms with Crippen LogP contribution >= 0.6 is 0 Å². The highest BCUT2D eigenvalue weighted by Gasteiger charge is 2.15. The molecule has 0 aliphatic heterocycles. The Kier molecular flexibility index (Phi) is 6.89. The number of amides is 2. The Hall–Kier alpha value is -2.04. The molecule has 0 aromatic heterocycles. The molecule has 1 aromatic carbocycles. The van der Waals surface area contributed by atoms with Crippen molar-refractivity contribution in [2.45, 2.75) is 34.1 Å². The van der Waals surface area contributed by atoms with E-state index in [4.69, 9.17) is 4.74 Å². The second kappa shape index (κ2) is 8.41. The summed E-state index contributed by atoms with van der Waals surface area (Å²) in [6.45, 7) is 9.38. The van der Waals surface area contributed by atoms with Crippen LogP contribution in [0.25, 0.3) is 0 Å². The highest BCUT2D eigenvalue weighted by atomic mass is 16.5. The second-order valence-electron chi connectivity index (χ2n) is 6.30. The predicted molar refractivity (Wildman–Crippen MR) is 87.0 cm³/mol. The van der Waals surface area contributed by atoms with Crippen LogP contribution in [0.1, 0.15) is 44.5 Å². The molecule has 0 radical (unpaired) electrons. The lowest BCUT2D eigenvalue weighted by atomic mass is 9.92. The average molecular weight is 306 g/mol. The Morgan fingerprint density at radius 1 is 1.05 bits per heavy atom. The van der Waals surface area contributed by atoms with Gasteiger partial charge in [-0.3, -0.25) is 9.59 Å². The van der Waals surface area contributed by atoms with E-state index in [1.54, 1.807) is 24.3 Å². The molecular weight excluding hydrogens is 280 g/mol. The summed E-state index contributed by atoms with van der Waals surface area (Å²) >= 11 is 0. The smallest absolute Gasteiger partial charge is 0.251 e. The fourth-order valence-electron chi connectivity index (χ4n) is 1.89. The lowest BCUT2D eigenvalue weighted by molar-refractivity contribution is -0.122. The third kappa shape index (κ3) is 7.11. The fraction of sp³-hybridized carbons (Fsp3) is 0.529. The Bertz CT molecular complexity index is 490. The van der Waals surface area contributed by atoms with Crippen LogP contribution in [0.4, 0.5) is 0 Å². The second-order valence-corrected chi connectivity index (χ2v) is 6.30. The van der Waals surface area contributed by atoms with Crippen LogP contribution in [-0.4, -0.2) is 31.5 Å². The van der Waals surface area contributed by atoms with Gasteiger partial charge < -0.3 is 15.4 Å². The first-order valence-corrected chi connectivity index (χ1v) is 7.59. The highest BCUT2D eigenvalue weighted by molar-refractivity contribution is 5.94. The van der Waals surface area contributed by atoms with Gasteiger partial charge in [-0.05, 0) is 36.6 Å². The zero-order valence-electron chi connectivity index (χ0n) is 13.9. The van der Waals surface area contributed by atoms with E-state index < -0.39 is 0 Å². The molecule has 0 spiro atoms. The van der Waals surface area contributed by atoms with Crippen molar-refractivity contribution in [3.05, 3.63) is 29.8 Å². The van der Waals surface area contributed by atoms with E-state index in [2.05, 4.69) is 10.6 Å². The van der Waals surface area contributed by atoms with Gasteiger partial charge in [0.15, 0.2) is 0 Å². The van der Waals surface area contributed by atoms with Crippen molar-refractivity contribution in [2.24, 2.45) is 5.41 Å². The van der Waals surface area contributed by atoms with E-state index in [1.807, 2.05) is 27.7 Å². The predicted octanol–water partition coefficient (Wildman–Crippen LogP) is 2.37. The number of nitrogens with one attached hydrogen (secondary N) is 2. The molecule has 0 aliphatic carbocycles.